The van der Waals surface area contributed by atoms with E-state index in [2.05, 4.69) is 65.8 Å². The SMILES string of the molecule is COC1CN(C(=O)Oc2cc3c(c4c2C[C@H](O)[C@@](C)(CC/C=C(\C)CCC=C(C)C)O4)CN([C@@H](CCCN2Cc4c(cc(O)c5c4O[C@](C)(CC/C=C(\C)CCC=C(C)C)[C@@H](O)C5)C2=O)OC=O)C3=O)C1. The number of aliphatic hydroxyl groups is 2. The van der Waals surface area contributed by atoms with Crippen molar-refractivity contribution < 1.29 is 58.2 Å². The van der Waals surface area contributed by atoms with Crippen LogP contribution in [0.1, 0.15) is 163 Å². The van der Waals surface area contributed by atoms with Crippen molar-refractivity contribution in [1.29, 1.82) is 0 Å². The van der Waals surface area contributed by atoms with Gasteiger partial charge in [0.1, 0.15) is 34.2 Å². The number of carbonyl (C=O) groups excluding carboxylic acids is 4. The van der Waals surface area contributed by atoms with Gasteiger partial charge in [-0.3, -0.25) is 19.3 Å². The molecule has 2 aromatic rings. The van der Waals surface area contributed by atoms with E-state index in [1.807, 2.05) is 13.8 Å². The molecule has 0 unspecified atom stereocenters. The van der Waals surface area contributed by atoms with Gasteiger partial charge in [-0.15, -0.1) is 0 Å². The first-order valence-corrected chi connectivity index (χ1v) is 25.3. The van der Waals surface area contributed by atoms with Gasteiger partial charge in [0, 0.05) is 55.2 Å². The van der Waals surface area contributed by atoms with Crippen molar-refractivity contribution in [1.82, 2.24) is 14.7 Å². The number of hydrogen-bond donors (Lipinski definition) is 3. The van der Waals surface area contributed by atoms with E-state index in [1.54, 1.807) is 12.0 Å². The summed E-state index contributed by atoms with van der Waals surface area (Å²) in [6, 6.07) is 2.97. The van der Waals surface area contributed by atoms with Crippen molar-refractivity contribution in [3.05, 3.63) is 92.1 Å². The van der Waals surface area contributed by atoms with E-state index < -0.39 is 41.6 Å². The highest BCUT2D eigenvalue weighted by molar-refractivity contribution is 6.01. The molecule has 5 aliphatic rings. The van der Waals surface area contributed by atoms with Gasteiger partial charge < -0.3 is 48.8 Å². The highest BCUT2D eigenvalue weighted by atomic mass is 16.6. The van der Waals surface area contributed by atoms with E-state index in [9.17, 15) is 34.5 Å². The fourth-order valence-corrected chi connectivity index (χ4v) is 10.3. The second-order valence-corrected chi connectivity index (χ2v) is 21.1. The molecule has 0 aromatic heterocycles. The van der Waals surface area contributed by atoms with E-state index in [1.165, 1.54) is 44.2 Å². The first-order chi connectivity index (χ1) is 33.7. The first kappa shape index (κ1) is 53.2. The predicted molar refractivity (Wildman–Crippen MR) is 269 cm³/mol. The Labute approximate surface area is 419 Å². The zero-order valence-electron chi connectivity index (χ0n) is 43.2. The summed E-state index contributed by atoms with van der Waals surface area (Å²) in [7, 11) is 1.58. The average Bonchev–Trinajstić information content (AvgIpc) is 3.78. The molecule has 0 saturated carbocycles. The number of methoxy groups -OCH3 is 1. The third-order valence-corrected chi connectivity index (χ3v) is 15.0. The minimum Gasteiger partial charge on any atom is -0.508 e. The maximum absolute atomic E-state index is 14.5. The molecule has 1 saturated heterocycles. The third kappa shape index (κ3) is 11.8. The summed E-state index contributed by atoms with van der Waals surface area (Å²) in [5, 5.41) is 34.1. The minimum atomic E-state index is -1.04. The molecular weight excluding hydrogens is 907 g/mol. The third-order valence-electron chi connectivity index (χ3n) is 15.0. The van der Waals surface area contributed by atoms with Crippen molar-refractivity contribution in [2.24, 2.45) is 0 Å². The number of benzene rings is 2. The van der Waals surface area contributed by atoms with E-state index in [-0.39, 0.29) is 68.0 Å². The number of phenols is 1. The van der Waals surface area contributed by atoms with E-state index in [0.717, 1.165) is 25.7 Å². The molecule has 0 spiro atoms. The van der Waals surface area contributed by atoms with Crippen LogP contribution in [-0.4, -0.2) is 117 Å². The Bertz CT molecular complexity index is 2480. The summed E-state index contributed by atoms with van der Waals surface area (Å²) in [6.45, 7) is 17.8. The number of nitrogens with zero attached hydrogens (tertiary/aromatic N) is 3. The lowest BCUT2D eigenvalue weighted by Crippen LogP contribution is -2.55. The number of aromatic hydroxyl groups is 1. The van der Waals surface area contributed by atoms with Crippen LogP contribution in [0.3, 0.4) is 0 Å². The molecule has 71 heavy (non-hydrogen) atoms. The van der Waals surface area contributed by atoms with Crippen molar-refractivity contribution in [2.75, 3.05) is 26.7 Å². The maximum Gasteiger partial charge on any atom is 0.415 e. The highest BCUT2D eigenvalue weighted by Crippen LogP contribution is 2.49. The zero-order chi connectivity index (χ0) is 51.4. The lowest BCUT2D eigenvalue weighted by Gasteiger charge is -2.41. The Morgan fingerprint density at radius 3 is 1.89 bits per heavy atom. The van der Waals surface area contributed by atoms with E-state index >= 15 is 0 Å². The standard InChI is InChI=1S/C56H75N3O12/c1-34(2)15-10-17-36(5)19-12-22-55(7)47(62)27-41-45(61)25-39-43(50(41)70-55)31-57(52(39)64)24-14-21-49(68-33-60)59-32-44-40(53(59)65)26-46(69-54(66)58-29-38(30-58)67-9)42-28-48(63)56(8,71-51(42)44)23-13-20-37(6)18-11-16-35(3)4/h15-16,19-20,25-26,33,38,47-49,61-63H,10-14,17-18,21-24,27-32H2,1-9H3/b36-19+,37-20+/t47-,48-,49+,55+,56+/m0/s1. The molecular formula is C56H75N3O12. The first-order valence-electron chi connectivity index (χ1n) is 25.3. The number of carbonyl (C=O) groups is 4. The molecule has 0 bridgehead atoms. The molecule has 5 atom stereocenters. The second kappa shape index (κ2) is 22.4. The summed E-state index contributed by atoms with van der Waals surface area (Å²) in [5.74, 6) is 0.0594. The van der Waals surface area contributed by atoms with Crippen LogP contribution in [0.15, 0.2) is 58.7 Å². The number of aliphatic hydroxyl groups excluding tert-OH is 2. The lowest BCUT2D eigenvalue weighted by atomic mass is 9.84. The topological polar surface area (TPSA) is 185 Å². The quantitative estimate of drug-likeness (QED) is 0.0797. The van der Waals surface area contributed by atoms with Crippen LogP contribution in [0, 0.1) is 0 Å². The van der Waals surface area contributed by atoms with Crippen molar-refractivity contribution in [2.45, 2.75) is 181 Å². The molecule has 0 radical (unpaired) electrons. The van der Waals surface area contributed by atoms with Gasteiger partial charge in [0.25, 0.3) is 18.3 Å². The predicted octanol–water partition coefficient (Wildman–Crippen LogP) is 9.17. The van der Waals surface area contributed by atoms with Gasteiger partial charge in [-0.2, -0.15) is 0 Å². The Morgan fingerprint density at radius 1 is 0.775 bits per heavy atom. The minimum absolute atomic E-state index is 0.0210. The monoisotopic (exact) mass is 982 g/mol. The summed E-state index contributed by atoms with van der Waals surface area (Å²) >= 11 is 0. The van der Waals surface area contributed by atoms with Crippen LogP contribution in [0.2, 0.25) is 0 Å². The van der Waals surface area contributed by atoms with E-state index in [4.69, 9.17) is 23.7 Å². The number of likely N-dealkylation sites (tertiary alicyclic amines) is 1. The molecule has 3 N–H and O–H groups in total. The second-order valence-electron chi connectivity index (χ2n) is 21.1. The molecule has 7 rings (SSSR count). The maximum atomic E-state index is 14.5. The number of phenolic OH excluding ortho intramolecular Hbond substituents is 1. The normalized spacial score (nSPS) is 23.2. The van der Waals surface area contributed by atoms with Gasteiger partial charge in [0.2, 0.25) is 0 Å². The number of rotatable bonds is 21. The Morgan fingerprint density at radius 2 is 1.32 bits per heavy atom. The Balaban J connectivity index is 1.05. The number of ether oxygens (including phenoxy) is 5. The molecule has 386 valence electrons. The van der Waals surface area contributed by atoms with Gasteiger partial charge in [-0.05, 0) is 125 Å². The number of hydrogen-bond acceptors (Lipinski definition) is 12. The average molecular weight is 982 g/mol. The van der Waals surface area contributed by atoms with Gasteiger partial charge in [-0.1, -0.05) is 46.6 Å². The fourth-order valence-electron chi connectivity index (χ4n) is 10.3. The van der Waals surface area contributed by atoms with Crippen LogP contribution in [0.25, 0.3) is 0 Å². The molecule has 5 aliphatic heterocycles. The lowest BCUT2D eigenvalue weighted by molar-refractivity contribution is -0.141. The van der Waals surface area contributed by atoms with Crippen LogP contribution < -0.4 is 14.2 Å². The molecule has 0 aliphatic carbocycles. The highest BCUT2D eigenvalue weighted by Gasteiger charge is 2.47. The van der Waals surface area contributed by atoms with Crippen molar-refractivity contribution in [3.8, 4) is 23.0 Å². The summed E-state index contributed by atoms with van der Waals surface area (Å²) < 4.78 is 30.3. The van der Waals surface area contributed by atoms with E-state index in [0.29, 0.717) is 91.0 Å². The van der Waals surface area contributed by atoms with Gasteiger partial charge in [0.05, 0.1) is 55.6 Å². The number of amides is 3. The van der Waals surface area contributed by atoms with Crippen LogP contribution in [0.4, 0.5) is 4.79 Å². The van der Waals surface area contributed by atoms with Gasteiger partial charge >= 0.3 is 6.09 Å². The van der Waals surface area contributed by atoms with Gasteiger partial charge in [-0.25, -0.2) is 4.79 Å². The molecule has 1 fully saturated rings. The fraction of sp³-hybridized carbons (Fsp3) is 0.571. The largest absolute Gasteiger partial charge is 0.508 e. The molecule has 15 nitrogen and oxygen atoms in total. The van der Waals surface area contributed by atoms with Crippen LogP contribution >= 0.6 is 0 Å². The molecule has 15 heteroatoms. The van der Waals surface area contributed by atoms with Crippen LogP contribution in [0.5, 0.6) is 23.0 Å². The summed E-state index contributed by atoms with van der Waals surface area (Å²) in [4.78, 5) is 58.5. The van der Waals surface area contributed by atoms with Gasteiger partial charge in [0.15, 0.2) is 6.23 Å². The number of fused-ring (bicyclic) bond motifs is 6. The Hall–Kier alpha value is -5.64. The number of allylic oxidation sites excluding steroid dienone is 8. The van der Waals surface area contributed by atoms with Crippen molar-refractivity contribution in [3.63, 3.8) is 0 Å². The van der Waals surface area contributed by atoms with Crippen molar-refractivity contribution >= 4 is 24.4 Å². The molecule has 3 amide bonds. The molecule has 2 aromatic carbocycles. The smallest absolute Gasteiger partial charge is 0.415 e. The molecule has 5 heterocycles. The Kier molecular flexibility index (Phi) is 16.8. The summed E-state index contributed by atoms with van der Waals surface area (Å²) in [6.07, 6.45) is 12.2. The summed E-state index contributed by atoms with van der Waals surface area (Å²) in [5.41, 5.74) is 5.76. The zero-order valence-corrected chi connectivity index (χ0v) is 43.2. The van der Waals surface area contributed by atoms with Crippen LogP contribution in [-0.2, 0) is 40.2 Å².